The average Bonchev–Trinajstić information content (AvgIpc) is 2.85. The molecule has 15 heavy (non-hydrogen) atoms. The Morgan fingerprint density at radius 1 is 1.00 bits per heavy atom. The number of likely N-dealkylation sites (tertiary alicyclic amines) is 2. The third kappa shape index (κ3) is 3.06. The summed E-state index contributed by atoms with van der Waals surface area (Å²) in [6.45, 7) is 5.31. The number of amides is 1. The zero-order valence-corrected chi connectivity index (χ0v) is 9.32. The van der Waals surface area contributed by atoms with Crippen LogP contribution in [0.1, 0.15) is 25.7 Å². The summed E-state index contributed by atoms with van der Waals surface area (Å²) in [5.41, 5.74) is 0. The summed E-state index contributed by atoms with van der Waals surface area (Å²) in [5.74, 6) is 0.320. The first-order chi connectivity index (χ1) is 7.36. The van der Waals surface area contributed by atoms with E-state index in [1.54, 1.807) is 0 Å². The van der Waals surface area contributed by atoms with E-state index in [-0.39, 0.29) is 0 Å². The fourth-order valence-corrected chi connectivity index (χ4v) is 2.29. The lowest BCUT2D eigenvalue weighted by molar-refractivity contribution is -0.127. The highest BCUT2D eigenvalue weighted by Crippen LogP contribution is 2.09. The summed E-state index contributed by atoms with van der Waals surface area (Å²) in [4.78, 5) is 15.7. The van der Waals surface area contributed by atoms with Crippen molar-refractivity contribution < 1.29 is 4.79 Å². The Kier molecular flexibility index (Phi) is 3.78. The van der Waals surface area contributed by atoms with Crippen LogP contribution in [0.3, 0.4) is 0 Å². The van der Waals surface area contributed by atoms with E-state index in [0.717, 1.165) is 32.5 Å². The van der Waals surface area contributed by atoms with E-state index in [4.69, 9.17) is 0 Å². The SMILES string of the molecule is O=C1CCCN1CC=CCN1CCCC1. The fraction of sp³-hybridized carbons (Fsp3) is 0.750. The molecule has 0 spiro atoms. The molecule has 2 rings (SSSR count). The second-order valence-corrected chi connectivity index (χ2v) is 4.42. The second-order valence-electron chi connectivity index (χ2n) is 4.42. The molecule has 0 aromatic rings. The van der Waals surface area contributed by atoms with Gasteiger partial charge >= 0.3 is 0 Å². The lowest BCUT2D eigenvalue weighted by Gasteiger charge is -2.13. The Labute approximate surface area is 91.7 Å². The maximum atomic E-state index is 11.3. The molecule has 0 saturated carbocycles. The minimum atomic E-state index is 0.320. The van der Waals surface area contributed by atoms with E-state index in [1.165, 1.54) is 25.9 Å². The molecule has 2 saturated heterocycles. The molecule has 2 fully saturated rings. The van der Waals surface area contributed by atoms with Crippen LogP contribution in [0.2, 0.25) is 0 Å². The van der Waals surface area contributed by atoms with Crippen LogP contribution in [-0.2, 0) is 4.79 Å². The van der Waals surface area contributed by atoms with Gasteiger partial charge in [0.1, 0.15) is 0 Å². The molecule has 0 aromatic carbocycles. The largest absolute Gasteiger partial charge is 0.339 e. The molecule has 0 unspecified atom stereocenters. The highest BCUT2D eigenvalue weighted by molar-refractivity contribution is 5.78. The summed E-state index contributed by atoms with van der Waals surface area (Å²) < 4.78 is 0. The first kappa shape index (κ1) is 10.7. The summed E-state index contributed by atoms with van der Waals surface area (Å²) in [6.07, 6.45) is 8.83. The number of hydrogen-bond acceptors (Lipinski definition) is 2. The maximum absolute atomic E-state index is 11.3. The quantitative estimate of drug-likeness (QED) is 0.649. The van der Waals surface area contributed by atoms with Crippen molar-refractivity contribution in [2.75, 3.05) is 32.7 Å². The number of rotatable bonds is 4. The summed E-state index contributed by atoms with van der Waals surface area (Å²) in [7, 11) is 0. The second kappa shape index (κ2) is 5.31. The van der Waals surface area contributed by atoms with Gasteiger partial charge in [0.15, 0.2) is 0 Å². The molecule has 3 heteroatoms. The summed E-state index contributed by atoms with van der Waals surface area (Å²) >= 11 is 0. The molecule has 2 aliphatic rings. The van der Waals surface area contributed by atoms with Crippen molar-refractivity contribution in [1.29, 1.82) is 0 Å². The Hall–Kier alpha value is -0.830. The van der Waals surface area contributed by atoms with E-state index in [1.807, 2.05) is 4.90 Å². The topological polar surface area (TPSA) is 23.6 Å². The normalized spacial score (nSPS) is 23.5. The Balaban J connectivity index is 1.63. The van der Waals surface area contributed by atoms with Gasteiger partial charge in [-0.1, -0.05) is 12.2 Å². The molecule has 2 aliphatic heterocycles. The van der Waals surface area contributed by atoms with Crippen molar-refractivity contribution in [3.05, 3.63) is 12.2 Å². The first-order valence-electron chi connectivity index (χ1n) is 6.01. The molecular formula is C12H20N2O. The van der Waals surface area contributed by atoms with Gasteiger partial charge < -0.3 is 4.90 Å². The van der Waals surface area contributed by atoms with E-state index in [2.05, 4.69) is 17.1 Å². The van der Waals surface area contributed by atoms with Crippen LogP contribution in [0.15, 0.2) is 12.2 Å². The molecule has 84 valence electrons. The smallest absolute Gasteiger partial charge is 0.222 e. The number of hydrogen-bond donors (Lipinski definition) is 0. The van der Waals surface area contributed by atoms with Gasteiger partial charge in [0, 0.05) is 26.1 Å². The van der Waals surface area contributed by atoms with Crippen LogP contribution in [-0.4, -0.2) is 48.4 Å². The van der Waals surface area contributed by atoms with Crippen molar-refractivity contribution in [2.24, 2.45) is 0 Å². The molecule has 2 heterocycles. The molecule has 0 aliphatic carbocycles. The van der Waals surface area contributed by atoms with Crippen LogP contribution in [0, 0.1) is 0 Å². The van der Waals surface area contributed by atoms with Crippen LogP contribution in [0.25, 0.3) is 0 Å². The van der Waals surface area contributed by atoms with Gasteiger partial charge in [0.05, 0.1) is 0 Å². The van der Waals surface area contributed by atoms with E-state index >= 15 is 0 Å². The summed E-state index contributed by atoms with van der Waals surface area (Å²) in [6, 6.07) is 0. The summed E-state index contributed by atoms with van der Waals surface area (Å²) in [5, 5.41) is 0. The third-order valence-corrected chi connectivity index (χ3v) is 3.23. The van der Waals surface area contributed by atoms with Crippen LogP contribution >= 0.6 is 0 Å². The monoisotopic (exact) mass is 208 g/mol. The molecule has 1 amide bonds. The predicted octanol–water partition coefficient (Wildman–Crippen LogP) is 1.26. The fourth-order valence-electron chi connectivity index (χ4n) is 2.29. The Bertz CT molecular complexity index is 244. The molecule has 0 aromatic heterocycles. The minimum absolute atomic E-state index is 0.320. The van der Waals surface area contributed by atoms with Crippen LogP contribution < -0.4 is 0 Å². The highest BCUT2D eigenvalue weighted by Gasteiger charge is 2.18. The third-order valence-electron chi connectivity index (χ3n) is 3.23. The standard InChI is InChI=1S/C12H20N2O/c15-12-6-5-11-14(12)10-4-3-9-13-7-1-2-8-13/h3-4H,1-2,5-11H2. The van der Waals surface area contributed by atoms with Crippen molar-refractivity contribution >= 4 is 5.91 Å². The van der Waals surface area contributed by atoms with Gasteiger partial charge in [-0.05, 0) is 32.4 Å². The van der Waals surface area contributed by atoms with E-state index in [9.17, 15) is 4.79 Å². The highest BCUT2D eigenvalue weighted by atomic mass is 16.2. The first-order valence-corrected chi connectivity index (χ1v) is 6.01. The maximum Gasteiger partial charge on any atom is 0.222 e. The van der Waals surface area contributed by atoms with Crippen molar-refractivity contribution in [1.82, 2.24) is 9.80 Å². The van der Waals surface area contributed by atoms with Crippen molar-refractivity contribution in [3.8, 4) is 0 Å². The van der Waals surface area contributed by atoms with Crippen LogP contribution in [0.4, 0.5) is 0 Å². The number of nitrogens with zero attached hydrogens (tertiary/aromatic N) is 2. The van der Waals surface area contributed by atoms with Gasteiger partial charge in [-0.25, -0.2) is 0 Å². The molecule has 3 nitrogen and oxygen atoms in total. The van der Waals surface area contributed by atoms with Crippen molar-refractivity contribution in [2.45, 2.75) is 25.7 Å². The minimum Gasteiger partial charge on any atom is -0.339 e. The zero-order valence-electron chi connectivity index (χ0n) is 9.32. The van der Waals surface area contributed by atoms with Gasteiger partial charge in [-0.3, -0.25) is 9.69 Å². The van der Waals surface area contributed by atoms with Crippen molar-refractivity contribution in [3.63, 3.8) is 0 Å². The Morgan fingerprint density at radius 3 is 2.40 bits per heavy atom. The lowest BCUT2D eigenvalue weighted by atomic mass is 10.4. The van der Waals surface area contributed by atoms with Gasteiger partial charge in [-0.15, -0.1) is 0 Å². The van der Waals surface area contributed by atoms with Crippen LogP contribution in [0.5, 0.6) is 0 Å². The average molecular weight is 208 g/mol. The Morgan fingerprint density at radius 2 is 1.73 bits per heavy atom. The lowest BCUT2D eigenvalue weighted by Crippen LogP contribution is -2.25. The molecule has 0 atom stereocenters. The van der Waals surface area contributed by atoms with E-state index in [0.29, 0.717) is 5.91 Å². The van der Waals surface area contributed by atoms with Gasteiger partial charge in [-0.2, -0.15) is 0 Å². The van der Waals surface area contributed by atoms with Gasteiger partial charge in [0.25, 0.3) is 0 Å². The van der Waals surface area contributed by atoms with E-state index < -0.39 is 0 Å². The molecule has 0 N–H and O–H groups in total. The number of carbonyl (C=O) groups excluding carboxylic acids is 1. The zero-order chi connectivity index (χ0) is 10.5. The molecule has 0 radical (unpaired) electrons. The predicted molar refractivity (Wildman–Crippen MR) is 60.6 cm³/mol. The number of carbonyl (C=O) groups is 1. The van der Waals surface area contributed by atoms with Gasteiger partial charge in [0.2, 0.25) is 5.91 Å². The molecule has 0 bridgehead atoms. The molecular weight excluding hydrogens is 188 g/mol.